The van der Waals surface area contributed by atoms with Gasteiger partial charge >= 0.3 is 0 Å². The van der Waals surface area contributed by atoms with Crippen molar-refractivity contribution in [3.05, 3.63) is 34.7 Å². The van der Waals surface area contributed by atoms with Crippen molar-refractivity contribution in [3.63, 3.8) is 0 Å². The predicted octanol–water partition coefficient (Wildman–Crippen LogP) is 4.59. The molecule has 0 unspecified atom stereocenters. The molecule has 34 heavy (non-hydrogen) atoms. The minimum atomic E-state index is -0.650. The first-order valence-electron chi connectivity index (χ1n) is 11.9. The number of nitrogens with zero attached hydrogens (tertiary/aromatic N) is 3. The molecule has 0 spiro atoms. The molecule has 1 aliphatic carbocycles. The Kier molecular flexibility index (Phi) is 8.05. The lowest BCUT2D eigenvalue weighted by atomic mass is 9.95. The summed E-state index contributed by atoms with van der Waals surface area (Å²) in [6.45, 7) is 1.80. The highest BCUT2D eigenvalue weighted by Gasteiger charge is 2.23. The van der Waals surface area contributed by atoms with E-state index in [4.69, 9.17) is 16.3 Å². The second-order valence-electron chi connectivity index (χ2n) is 9.08. The van der Waals surface area contributed by atoms with Crippen molar-refractivity contribution in [2.45, 2.75) is 57.0 Å². The molecule has 8 nitrogen and oxygen atoms in total. The lowest BCUT2D eigenvalue weighted by molar-refractivity contribution is 0.0912. The summed E-state index contributed by atoms with van der Waals surface area (Å²) in [4.78, 5) is 23.6. The minimum Gasteiger partial charge on any atom is -0.495 e. The third-order valence-corrected chi connectivity index (χ3v) is 6.80. The number of benzene rings is 1. The van der Waals surface area contributed by atoms with Crippen molar-refractivity contribution in [1.29, 1.82) is 0 Å². The first-order valence-corrected chi connectivity index (χ1v) is 12.2. The van der Waals surface area contributed by atoms with Crippen molar-refractivity contribution < 1.29 is 13.9 Å². The van der Waals surface area contributed by atoms with Crippen LogP contribution in [-0.2, 0) is 0 Å². The van der Waals surface area contributed by atoms with Crippen LogP contribution in [0.25, 0.3) is 0 Å². The number of likely N-dealkylation sites (tertiary alicyclic amines) is 1. The number of amides is 1. The second-order valence-corrected chi connectivity index (χ2v) is 9.48. The van der Waals surface area contributed by atoms with Gasteiger partial charge in [0.05, 0.1) is 24.6 Å². The summed E-state index contributed by atoms with van der Waals surface area (Å²) in [5.41, 5.74) is 0.264. The maximum Gasteiger partial charge on any atom is 0.254 e. The molecular weight excluding hydrogens is 459 g/mol. The lowest BCUT2D eigenvalue weighted by Gasteiger charge is -2.29. The summed E-state index contributed by atoms with van der Waals surface area (Å²) >= 11 is 6.30. The van der Waals surface area contributed by atoms with Crippen molar-refractivity contribution in [1.82, 2.24) is 20.2 Å². The number of carbonyl (C=O) groups excluding carboxylic acids is 1. The van der Waals surface area contributed by atoms with E-state index in [2.05, 4.69) is 30.8 Å². The molecule has 2 heterocycles. The molecule has 1 aromatic carbocycles. The maximum atomic E-state index is 14.9. The van der Waals surface area contributed by atoms with Gasteiger partial charge in [0.2, 0.25) is 5.95 Å². The Morgan fingerprint density at radius 2 is 1.88 bits per heavy atom. The number of rotatable bonds is 7. The van der Waals surface area contributed by atoms with Gasteiger partial charge in [-0.3, -0.25) is 4.79 Å². The largest absolute Gasteiger partial charge is 0.495 e. The normalized spacial score (nSPS) is 17.9. The smallest absolute Gasteiger partial charge is 0.254 e. The number of ether oxygens (including phenoxy) is 1. The summed E-state index contributed by atoms with van der Waals surface area (Å²) in [5.74, 6) is 0.0145. The highest BCUT2D eigenvalue weighted by molar-refractivity contribution is 6.32. The third kappa shape index (κ3) is 6.07. The molecular formula is C24H32ClFN6O2. The molecule has 1 aliphatic heterocycles. The number of hydrogen-bond acceptors (Lipinski definition) is 7. The summed E-state index contributed by atoms with van der Waals surface area (Å²) < 4.78 is 20.4. The fourth-order valence-electron chi connectivity index (χ4n) is 4.50. The zero-order valence-electron chi connectivity index (χ0n) is 19.7. The van der Waals surface area contributed by atoms with Gasteiger partial charge in [0.15, 0.2) is 5.82 Å². The fraction of sp³-hybridized carbons (Fsp3) is 0.542. The Labute approximate surface area is 204 Å². The van der Waals surface area contributed by atoms with E-state index < -0.39 is 11.7 Å². The number of methoxy groups -OCH3 is 1. The monoisotopic (exact) mass is 490 g/mol. The average Bonchev–Trinajstić information content (AvgIpc) is 2.83. The van der Waals surface area contributed by atoms with Gasteiger partial charge in [0, 0.05) is 18.2 Å². The Morgan fingerprint density at radius 3 is 2.59 bits per heavy atom. The number of carbonyl (C=O) groups is 1. The molecule has 1 aromatic heterocycles. The Morgan fingerprint density at radius 1 is 1.15 bits per heavy atom. The molecule has 2 aromatic rings. The van der Waals surface area contributed by atoms with E-state index in [-0.39, 0.29) is 17.6 Å². The first-order chi connectivity index (χ1) is 16.4. The number of nitrogens with one attached hydrogen (secondary N) is 3. The van der Waals surface area contributed by atoms with Crippen LogP contribution in [-0.4, -0.2) is 60.1 Å². The number of anilines is 3. The molecule has 0 bridgehead atoms. The standard InChI is InChI=1S/C24H32ClFN6O2/c1-32-10-8-16(9-11-32)29-23(33)17-12-21(34-2)20(13-19(17)26)30-24-27-14-18(25)22(31-24)28-15-6-4-3-5-7-15/h12-16H,3-11H2,1-2H3,(H,29,33)(H2,27,28,30,31). The average molecular weight is 491 g/mol. The van der Waals surface area contributed by atoms with E-state index in [0.29, 0.717) is 28.3 Å². The number of hydrogen-bond donors (Lipinski definition) is 3. The summed E-state index contributed by atoms with van der Waals surface area (Å²) in [5, 5.41) is 9.76. The van der Waals surface area contributed by atoms with E-state index in [1.54, 1.807) is 0 Å². The molecule has 1 saturated heterocycles. The Balaban J connectivity index is 1.48. The zero-order chi connectivity index (χ0) is 24.1. The summed E-state index contributed by atoms with van der Waals surface area (Å²) in [6, 6.07) is 2.99. The Bertz CT molecular complexity index is 1010. The highest BCUT2D eigenvalue weighted by Crippen LogP contribution is 2.31. The van der Waals surface area contributed by atoms with Crippen LogP contribution in [0.3, 0.4) is 0 Å². The van der Waals surface area contributed by atoms with E-state index in [9.17, 15) is 9.18 Å². The van der Waals surface area contributed by atoms with Gasteiger partial charge in [-0.2, -0.15) is 4.98 Å². The van der Waals surface area contributed by atoms with Crippen LogP contribution in [0.5, 0.6) is 5.75 Å². The van der Waals surface area contributed by atoms with Crippen LogP contribution < -0.4 is 20.7 Å². The van der Waals surface area contributed by atoms with Gasteiger partial charge in [-0.1, -0.05) is 30.9 Å². The van der Waals surface area contributed by atoms with Crippen LogP contribution >= 0.6 is 11.6 Å². The molecule has 10 heteroatoms. The number of piperidine rings is 1. The predicted molar refractivity (Wildman–Crippen MR) is 132 cm³/mol. The lowest BCUT2D eigenvalue weighted by Crippen LogP contribution is -2.43. The fourth-order valence-corrected chi connectivity index (χ4v) is 4.64. The van der Waals surface area contributed by atoms with Crippen molar-refractivity contribution in [2.24, 2.45) is 0 Å². The van der Waals surface area contributed by atoms with E-state index in [1.165, 1.54) is 44.7 Å². The second kappa shape index (κ2) is 11.2. The number of halogens is 2. The number of aromatic nitrogens is 2. The molecule has 0 radical (unpaired) electrons. The van der Waals surface area contributed by atoms with Crippen LogP contribution in [0.1, 0.15) is 55.3 Å². The van der Waals surface area contributed by atoms with E-state index >= 15 is 0 Å². The Hall–Kier alpha value is -2.65. The molecule has 2 fully saturated rings. The molecule has 2 aliphatic rings. The SMILES string of the molecule is COc1cc(C(=O)NC2CCN(C)CC2)c(F)cc1Nc1ncc(Cl)c(NC2CCCCC2)n1. The van der Waals surface area contributed by atoms with E-state index in [0.717, 1.165) is 38.8 Å². The third-order valence-electron chi connectivity index (χ3n) is 6.52. The van der Waals surface area contributed by atoms with Gasteiger partial charge in [-0.15, -0.1) is 0 Å². The summed E-state index contributed by atoms with van der Waals surface area (Å²) in [6.07, 6.45) is 8.94. The molecule has 0 atom stereocenters. The first kappa shape index (κ1) is 24.5. The summed E-state index contributed by atoms with van der Waals surface area (Å²) in [7, 11) is 3.52. The van der Waals surface area contributed by atoms with Gasteiger partial charge < -0.3 is 25.6 Å². The molecule has 4 rings (SSSR count). The van der Waals surface area contributed by atoms with Crippen LogP contribution in [0, 0.1) is 5.82 Å². The van der Waals surface area contributed by atoms with Crippen molar-refractivity contribution in [2.75, 3.05) is 37.9 Å². The molecule has 184 valence electrons. The van der Waals surface area contributed by atoms with E-state index in [1.807, 2.05) is 7.05 Å². The van der Waals surface area contributed by atoms with Gasteiger partial charge in [0.1, 0.15) is 16.6 Å². The van der Waals surface area contributed by atoms with Gasteiger partial charge in [0.25, 0.3) is 5.91 Å². The van der Waals surface area contributed by atoms with Crippen LogP contribution in [0.2, 0.25) is 5.02 Å². The maximum absolute atomic E-state index is 14.9. The van der Waals surface area contributed by atoms with Gasteiger partial charge in [-0.05, 0) is 51.9 Å². The highest BCUT2D eigenvalue weighted by atomic mass is 35.5. The molecule has 1 amide bonds. The zero-order valence-corrected chi connectivity index (χ0v) is 20.4. The van der Waals surface area contributed by atoms with Crippen molar-refractivity contribution >= 4 is 35.0 Å². The van der Waals surface area contributed by atoms with Crippen LogP contribution in [0.4, 0.5) is 21.8 Å². The minimum absolute atomic E-state index is 0.0319. The molecule has 3 N–H and O–H groups in total. The van der Waals surface area contributed by atoms with Gasteiger partial charge in [-0.25, -0.2) is 9.37 Å². The topological polar surface area (TPSA) is 91.4 Å². The van der Waals surface area contributed by atoms with Crippen molar-refractivity contribution in [3.8, 4) is 5.75 Å². The quantitative estimate of drug-likeness (QED) is 0.522. The van der Waals surface area contributed by atoms with Crippen LogP contribution in [0.15, 0.2) is 18.3 Å². The molecule has 1 saturated carbocycles.